The molecule has 1 aliphatic rings. The normalized spacial score (nSPS) is 15.0. The van der Waals surface area contributed by atoms with Crippen LogP contribution in [0.1, 0.15) is 17.5 Å². The highest BCUT2D eigenvalue weighted by Gasteiger charge is 2.40. The van der Waals surface area contributed by atoms with Crippen LogP contribution in [0.5, 0.6) is 5.75 Å². The number of carbonyl (C=O) groups is 1. The molecule has 0 aliphatic carbocycles. The number of carbonyl (C=O) groups excluding carboxylic acids is 1. The van der Waals surface area contributed by atoms with E-state index in [2.05, 4.69) is 26.1 Å². The number of nitrogens with zero attached hydrogens (tertiary/aromatic N) is 2. The Morgan fingerprint density at radius 2 is 2.03 bits per heavy atom. The van der Waals surface area contributed by atoms with Gasteiger partial charge in [-0.1, -0.05) is 11.3 Å². The van der Waals surface area contributed by atoms with Crippen LogP contribution in [0.25, 0.3) is 0 Å². The maximum absolute atomic E-state index is 12.6. The number of nitrogens with one attached hydrogen (secondary N) is 4. The van der Waals surface area contributed by atoms with Gasteiger partial charge in [-0.25, -0.2) is 4.79 Å². The highest BCUT2D eigenvalue weighted by atomic mass is 32.1. The van der Waals surface area contributed by atoms with Gasteiger partial charge in [-0.15, -0.1) is 10.2 Å². The standard InChI is InChI=1S/C18H22N6O6S/c1-10(4-5-19)20-16-23-24-17(31-16)21-14(25)12-6-11(13(28-3)15(26)30-12)22-18(7-27-2)8-29-9-18/h4-6,19,22H,7-9H2,1-3H3,(H,20,23)(H,21,24,25)/b10-4-,19-5?. The predicted octanol–water partition coefficient (Wildman–Crippen LogP) is 1.54. The number of ether oxygens (including phenoxy) is 3. The first kappa shape index (κ1) is 22.4. The molecule has 0 spiro atoms. The summed E-state index contributed by atoms with van der Waals surface area (Å²) in [4.78, 5) is 25.0. The number of allylic oxidation sites excluding steroid dienone is 2. The van der Waals surface area contributed by atoms with Crippen molar-refractivity contribution in [2.24, 2.45) is 0 Å². The molecule has 0 radical (unpaired) electrons. The van der Waals surface area contributed by atoms with Crippen LogP contribution in [0.4, 0.5) is 16.0 Å². The lowest BCUT2D eigenvalue weighted by molar-refractivity contribution is -0.0728. The number of anilines is 3. The van der Waals surface area contributed by atoms with Crippen molar-refractivity contribution in [3.05, 3.63) is 34.0 Å². The Morgan fingerprint density at radius 1 is 1.32 bits per heavy atom. The zero-order valence-electron chi connectivity index (χ0n) is 17.1. The van der Waals surface area contributed by atoms with Crippen LogP contribution in [-0.4, -0.2) is 61.9 Å². The smallest absolute Gasteiger partial charge is 0.381 e. The van der Waals surface area contributed by atoms with Gasteiger partial charge in [-0.2, -0.15) is 0 Å². The van der Waals surface area contributed by atoms with Gasteiger partial charge in [0.15, 0.2) is 5.76 Å². The monoisotopic (exact) mass is 450 g/mol. The molecule has 1 amide bonds. The highest BCUT2D eigenvalue weighted by molar-refractivity contribution is 7.19. The van der Waals surface area contributed by atoms with Gasteiger partial charge in [0.1, 0.15) is 5.54 Å². The van der Waals surface area contributed by atoms with E-state index >= 15 is 0 Å². The molecule has 0 atom stereocenters. The van der Waals surface area contributed by atoms with Crippen LogP contribution >= 0.6 is 11.3 Å². The van der Waals surface area contributed by atoms with Gasteiger partial charge in [0.25, 0.3) is 5.91 Å². The Labute approximate surface area is 181 Å². The van der Waals surface area contributed by atoms with E-state index in [1.807, 2.05) is 0 Å². The number of hydrogen-bond donors (Lipinski definition) is 4. The van der Waals surface area contributed by atoms with Crippen molar-refractivity contribution in [3.63, 3.8) is 0 Å². The topological polar surface area (TPSA) is 161 Å². The van der Waals surface area contributed by atoms with Crippen molar-refractivity contribution in [2.75, 3.05) is 50.0 Å². The van der Waals surface area contributed by atoms with E-state index in [1.54, 1.807) is 20.1 Å². The fourth-order valence-electron chi connectivity index (χ4n) is 2.80. The molecule has 1 fully saturated rings. The molecule has 4 N–H and O–H groups in total. The number of amides is 1. The molecule has 0 bridgehead atoms. The molecule has 2 aromatic heterocycles. The summed E-state index contributed by atoms with van der Waals surface area (Å²) in [7, 11) is 2.90. The van der Waals surface area contributed by atoms with E-state index in [0.29, 0.717) is 30.6 Å². The lowest BCUT2D eigenvalue weighted by Crippen LogP contribution is -2.59. The van der Waals surface area contributed by atoms with Crippen LogP contribution in [-0.2, 0) is 9.47 Å². The first-order valence-electron chi connectivity index (χ1n) is 9.06. The average Bonchev–Trinajstić information content (AvgIpc) is 3.12. The molecule has 3 rings (SSSR count). The van der Waals surface area contributed by atoms with Crippen molar-refractivity contribution in [2.45, 2.75) is 12.5 Å². The van der Waals surface area contributed by atoms with Gasteiger partial charge < -0.3 is 34.7 Å². The maximum atomic E-state index is 12.6. The summed E-state index contributed by atoms with van der Waals surface area (Å²) in [5, 5.41) is 24.1. The third-order valence-corrected chi connectivity index (χ3v) is 4.95. The summed E-state index contributed by atoms with van der Waals surface area (Å²) in [5.74, 6) is -0.969. The molecule has 1 aliphatic heterocycles. The molecule has 166 valence electrons. The minimum Gasteiger partial charge on any atom is -0.488 e. The SMILES string of the molecule is COCC1(Nc2cc(C(=O)Nc3nnc(N/C(C)=C\C=N)s3)oc(=O)c2OC)COC1. The Hall–Kier alpha value is -3.29. The summed E-state index contributed by atoms with van der Waals surface area (Å²) >= 11 is 1.08. The molecule has 3 heterocycles. The molecule has 12 nitrogen and oxygen atoms in total. The van der Waals surface area contributed by atoms with Crippen LogP contribution in [0, 0.1) is 5.41 Å². The van der Waals surface area contributed by atoms with E-state index in [9.17, 15) is 9.59 Å². The van der Waals surface area contributed by atoms with E-state index in [0.717, 1.165) is 17.6 Å². The maximum Gasteiger partial charge on any atom is 0.381 e. The summed E-state index contributed by atoms with van der Waals surface area (Å²) in [6, 6.07) is 1.38. The average molecular weight is 450 g/mol. The Morgan fingerprint density at radius 3 is 2.61 bits per heavy atom. The molecule has 1 saturated heterocycles. The van der Waals surface area contributed by atoms with Gasteiger partial charge in [0.2, 0.25) is 16.0 Å². The second-order valence-electron chi connectivity index (χ2n) is 6.68. The Kier molecular flexibility index (Phi) is 6.99. The minimum atomic E-state index is -0.808. The van der Waals surface area contributed by atoms with Crippen molar-refractivity contribution in [3.8, 4) is 5.75 Å². The fraction of sp³-hybridized carbons (Fsp3) is 0.389. The highest BCUT2D eigenvalue weighted by Crippen LogP contribution is 2.30. The fourth-order valence-corrected chi connectivity index (χ4v) is 3.50. The lowest BCUT2D eigenvalue weighted by Gasteiger charge is -2.42. The molecule has 0 saturated carbocycles. The van der Waals surface area contributed by atoms with E-state index in [1.165, 1.54) is 13.2 Å². The van der Waals surface area contributed by atoms with Gasteiger partial charge >= 0.3 is 5.63 Å². The van der Waals surface area contributed by atoms with Crippen LogP contribution in [0.3, 0.4) is 0 Å². The van der Waals surface area contributed by atoms with Crippen molar-refractivity contribution < 1.29 is 23.4 Å². The molecular weight excluding hydrogens is 428 g/mol. The van der Waals surface area contributed by atoms with Gasteiger partial charge in [-0.05, 0) is 13.0 Å². The molecular formula is C18H22N6O6S. The molecule has 0 unspecified atom stereocenters. The second kappa shape index (κ2) is 9.68. The van der Waals surface area contributed by atoms with Crippen LogP contribution in [0.2, 0.25) is 0 Å². The number of rotatable bonds is 10. The third kappa shape index (κ3) is 5.25. The zero-order chi connectivity index (χ0) is 22.4. The summed E-state index contributed by atoms with van der Waals surface area (Å²) in [5.41, 5.74) is -0.370. The molecule has 31 heavy (non-hydrogen) atoms. The van der Waals surface area contributed by atoms with Gasteiger partial charge in [-0.3, -0.25) is 10.1 Å². The Bertz CT molecular complexity index is 1040. The third-order valence-electron chi connectivity index (χ3n) is 4.20. The quantitative estimate of drug-likeness (QED) is 0.391. The van der Waals surface area contributed by atoms with Crippen molar-refractivity contribution in [1.29, 1.82) is 5.41 Å². The van der Waals surface area contributed by atoms with E-state index < -0.39 is 17.1 Å². The number of aromatic nitrogens is 2. The largest absolute Gasteiger partial charge is 0.488 e. The number of hydrogen-bond acceptors (Lipinski definition) is 12. The number of methoxy groups -OCH3 is 2. The first-order chi connectivity index (χ1) is 14.9. The van der Waals surface area contributed by atoms with Crippen molar-refractivity contribution in [1.82, 2.24) is 10.2 Å². The molecule has 0 aromatic carbocycles. The van der Waals surface area contributed by atoms with E-state index in [-0.39, 0.29) is 22.3 Å². The van der Waals surface area contributed by atoms with Gasteiger partial charge in [0, 0.05) is 25.1 Å². The summed E-state index contributed by atoms with van der Waals surface area (Å²) in [6.45, 7) is 2.84. The summed E-state index contributed by atoms with van der Waals surface area (Å²) in [6.07, 6.45) is 2.68. The minimum absolute atomic E-state index is 0.0604. The zero-order valence-corrected chi connectivity index (χ0v) is 17.9. The lowest BCUT2D eigenvalue weighted by atomic mass is 9.98. The molecule has 13 heteroatoms. The Balaban J connectivity index is 1.79. The molecule has 2 aromatic rings. The van der Waals surface area contributed by atoms with E-state index in [4.69, 9.17) is 24.0 Å². The second-order valence-corrected chi connectivity index (χ2v) is 7.66. The predicted molar refractivity (Wildman–Crippen MR) is 115 cm³/mol. The summed E-state index contributed by atoms with van der Waals surface area (Å²) < 4.78 is 20.8. The van der Waals surface area contributed by atoms with Crippen LogP contribution in [0.15, 0.2) is 27.1 Å². The first-order valence-corrected chi connectivity index (χ1v) is 9.87. The van der Waals surface area contributed by atoms with Crippen LogP contribution < -0.4 is 26.3 Å². The van der Waals surface area contributed by atoms with Crippen molar-refractivity contribution >= 4 is 39.4 Å². The van der Waals surface area contributed by atoms with Gasteiger partial charge in [0.05, 0.1) is 32.6 Å².